The van der Waals surface area contributed by atoms with Gasteiger partial charge in [0.2, 0.25) is 0 Å². The van der Waals surface area contributed by atoms with Gasteiger partial charge in [0, 0.05) is 62.4 Å². The van der Waals surface area contributed by atoms with E-state index >= 15 is 0 Å². The Morgan fingerprint density at radius 3 is 2.64 bits per heavy atom. The maximum Gasteiger partial charge on any atom is 0.251 e. The molecule has 0 atom stereocenters. The summed E-state index contributed by atoms with van der Waals surface area (Å²) in [6, 6.07) is 16.8. The monoisotopic (exact) mass is 500 g/mol. The molecule has 0 aliphatic carbocycles. The Kier molecular flexibility index (Phi) is 5.82. The number of anilines is 3. The molecule has 36 heavy (non-hydrogen) atoms. The lowest BCUT2D eigenvalue weighted by molar-refractivity contribution is 0.0965. The third kappa shape index (κ3) is 4.08. The van der Waals surface area contributed by atoms with Crippen molar-refractivity contribution in [3.63, 3.8) is 0 Å². The Bertz CT molecular complexity index is 1450. The van der Waals surface area contributed by atoms with Crippen molar-refractivity contribution in [2.45, 2.75) is 26.4 Å². The highest BCUT2D eigenvalue weighted by Crippen LogP contribution is 2.33. The molecule has 2 aliphatic rings. The van der Waals surface area contributed by atoms with Crippen LogP contribution in [0.4, 0.5) is 17.1 Å². The molecule has 2 aromatic carbocycles. The molecular formula is C28H29ClN6O. The summed E-state index contributed by atoms with van der Waals surface area (Å²) in [5.74, 6) is -0.00799. The number of carbonyl (C=O) groups is 1. The van der Waals surface area contributed by atoms with Crippen LogP contribution in [0.2, 0.25) is 5.02 Å². The van der Waals surface area contributed by atoms with E-state index in [1.54, 1.807) is 6.20 Å². The Morgan fingerprint density at radius 2 is 1.86 bits per heavy atom. The second-order valence-corrected chi connectivity index (χ2v) is 10.1. The van der Waals surface area contributed by atoms with Gasteiger partial charge in [-0.1, -0.05) is 17.7 Å². The number of carbonyl (C=O) groups excluding carboxylic acids is 1. The Morgan fingerprint density at radius 1 is 1.03 bits per heavy atom. The van der Waals surface area contributed by atoms with E-state index in [-0.39, 0.29) is 5.91 Å². The molecule has 0 spiro atoms. The van der Waals surface area contributed by atoms with Crippen molar-refractivity contribution < 1.29 is 4.79 Å². The van der Waals surface area contributed by atoms with E-state index < -0.39 is 0 Å². The average molecular weight is 501 g/mol. The molecular weight excluding hydrogens is 472 g/mol. The standard InChI is InChI=1S/C28H29ClN6O/c1-18(2)33-11-13-34(14-12-33)26-7-4-21(16-23(26)29)32-24-6-8-25(35-10-9-30-27(24)35)19-3-5-22-20(15-19)17-31-28(22)36/h3-10,15-16,18,32H,11-14,17H2,1-2H3,(H,31,36). The minimum absolute atomic E-state index is 0.00799. The van der Waals surface area contributed by atoms with Crippen molar-refractivity contribution >= 4 is 40.2 Å². The molecule has 0 radical (unpaired) electrons. The Hall–Kier alpha value is -3.55. The number of aromatic nitrogens is 2. The van der Waals surface area contributed by atoms with Gasteiger partial charge in [-0.2, -0.15) is 0 Å². The predicted octanol–water partition coefficient (Wildman–Crippen LogP) is 5.17. The fourth-order valence-corrected chi connectivity index (χ4v) is 5.51. The topological polar surface area (TPSA) is 64.9 Å². The highest BCUT2D eigenvalue weighted by molar-refractivity contribution is 6.33. The van der Waals surface area contributed by atoms with E-state index in [0.717, 1.165) is 76.3 Å². The summed E-state index contributed by atoms with van der Waals surface area (Å²) in [6.07, 6.45) is 3.76. The first-order chi connectivity index (χ1) is 17.5. The van der Waals surface area contributed by atoms with Gasteiger partial charge in [0.15, 0.2) is 5.65 Å². The summed E-state index contributed by atoms with van der Waals surface area (Å²) >= 11 is 6.74. The lowest BCUT2D eigenvalue weighted by atomic mass is 10.0. The fourth-order valence-electron chi connectivity index (χ4n) is 5.21. The number of benzene rings is 2. The second kappa shape index (κ2) is 9.15. The van der Waals surface area contributed by atoms with Crippen LogP contribution in [0.25, 0.3) is 16.9 Å². The molecule has 0 unspecified atom stereocenters. The van der Waals surface area contributed by atoms with Crippen LogP contribution in [0.5, 0.6) is 0 Å². The molecule has 1 amide bonds. The normalized spacial score (nSPS) is 16.0. The van der Waals surface area contributed by atoms with Gasteiger partial charge in [0.1, 0.15) is 0 Å². The number of rotatable bonds is 5. The summed E-state index contributed by atoms with van der Waals surface area (Å²) < 4.78 is 2.07. The lowest BCUT2D eigenvalue weighted by Crippen LogP contribution is -2.49. The molecule has 0 bridgehead atoms. The highest BCUT2D eigenvalue weighted by atomic mass is 35.5. The van der Waals surface area contributed by atoms with Crippen LogP contribution in [0.1, 0.15) is 29.8 Å². The van der Waals surface area contributed by atoms with Gasteiger partial charge < -0.3 is 15.5 Å². The molecule has 8 heteroatoms. The van der Waals surface area contributed by atoms with Crippen molar-refractivity contribution in [2.75, 3.05) is 36.4 Å². The molecule has 7 nitrogen and oxygen atoms in total. The van der Waals surface area contributed by atoms with Crippen LogP contribution in [0.3, 0.4) is 0 Å². The Balaban J connectivity index is 1.24. The first-order valence-corrected chi connectivity index (χ1v) is 12.8. The summed E-state index contributed by atoms with van der Waals surface area (Å²) in [5.41, 5.74) is 7.56. The number of pyridine rings is 1. The zero-order chi connectivity index (χ0) is 24.8. The quantitative estimate of drug-likeness (QED) is 0.395. The smallest absolute Gasteiger partial charge is 0.251 e. The van der Waals surface area contributed by atoms with E-state index in [0.29, 0.717) is 12.6 Å². The number of amides is 1. The number of halogens is 1. The van der Waals surface area contributed by atoms with Gasteiger partial charge >= 0.3 is 0 Å². The number of nitrogens with one attached hydrogen (secondary N) is 2. The molecule has 4 aromatic rings. The summed E-state index contributed by atoms with van der Waals surface area (Å²) in [4.78, 5) is 21.4. The molecule has 184 valence electrons. The predicted molar refractivity (Wildman–Crippen MR) is 145 cm³/mol. The minimum Gasteiger partial charge on any atom is -0.368 e. The van der Waals surface area contributed by atoms with Crippen LogP contribution in [0, 0.1) is 0 Å². The molecule has 2 N–H and O–H groups in total. The third-order valence-corrected chi connectivity index (χ3v) is 7.55. The number of imidazole rings is 1. The minimum atomic E-state index is -0.00799. The number of fused-ring (bicyclic) bond motifs is 2. The second-order valence-electron chi connectivity index (χ2n) is 9.72. The number of nitrogens with zero attached hydrogens (tertiary/aromatic N) is 4. The van der Waals surface area contributed by atoms with Gasteiger partial charge in [0.05, 0.1) is 22.1 Å². The van der Waals surface area contributed by atoms with Crippen molar-refractivity contribution in [3.05, 3.63) is 77.1 Å². The molecule has 1 fully saturated rings. The fraction of sp³-hybridized carbons (Fsp3) is 0.286. The van der Waals surface area contributed by atoms with Crippen molar-refractivity contribution in [1.82, 2.24) is 19.6 Å². The molecule has 2 aliphatic heterocycles. The number of hydrogen-bond donors (Lipinski definition) is 2. The SMILES string of the molecule is CC(C)N1CCN(c2ccc(Nc3ccc(-c4ccc5c(c4)CNC5=O)n4ccnc34)cc2Cl)CC1. The van der Waals surface area contributed by atoms with Gasteiger partial charge in [-0.3, -0.25) is 14.1 Å². The summed E-state index contributed by atoms with van der Waals surface area (Å²) in [5, 5.41) is 7.13. The van der Waals surface area contributed by atoms with Gasteiger partial charge in [-0.25, -0.2) is 4.98 Å². The molecule has 4 heterocycles. The average Bonchev–Trinajstić information content (AvgIpc) is 3.52. The van der Waals surface area contributed by atoms with Gasteiger partial charge in [-0.05, 0) is 67.4 Å². The first kappa shape index (κ1) is 22.9. The maximum absolute atomic E-state index is 11.9. The number of piperazine rings is 1. The molecule has 0 saturated carbocycles. The van der Waals surface area contributed by atoms with E-state index in [9.17, 15) is 4.79 Å². The zero-order valence-electron chi connectivity index (χ0n) is 20.5. The van der Waals surface area contributed by atoms with Gasteiger partial charge in [-0.15, -0.1) is 0 Å². The largest absolute Gasteiger partial charge is 0.368 e. The third-order valence-electron chi connectivity index (χ3n) is 7.25. The van der Waals surface area contributed by atoms with Crippen molar-refractivity contribution in [3.8, 4) is 11.3 Å². The number of hydrogen-bond acceptors (Lipinski definition) is 5. The van der Waals surface area contributed by atoms with Crippen LogP contribution in [0.15, 0.2) is 60.9 Å². The molecule has 2 aromatic heterocycles. The van der Waals surface area contributed by atoms with E-state index in [1.807, 2.05) is 30.5 Å². The van der Waals surface area contributed by atoms with Crippen LogP contribution in [-0.2, 0) is 6.54 Å². The van der Waals surface area contributed by atoms with Crippen molar-refractivity contribution in [1.29, 1.82) is 0 Å². The van der Waals surface area contributed by atoms with E-state index in [4.69, 9.17) is 11.6 Å². The molecule has 6 rings (SSSR count). The zero-order valence-corrected chi connectivity index (χ0v) is 21.2. The Labute approximate surface area is 215 Å². The molecule has 1 saturated heterocycles. The summed E-state index contributed by atoms with van der Waals surface area (Å²) in [7, 11) is 0. The van der Waals surface area contributed by atoms with E-state index in [2.05, 4.69) is 67.9 Å². The lowest BCUT2D eigenvalue weighted by Gasteiger charge is -2.38. The highest BCUT2D eigenvalue weighted by Gasteiger charge is 2.21. The maximum atomic E-state index is 11.9. The van der Waals surface area contributed by atoms with Crippen LogP contribution >= 0.6 is 11.6 Å². The summed E-state index contributed by atoms with van der Waals surface area (Å²) in [6.45, 7) is 9.13. The van der Waals surface area contributed by atoms with Crippen molar-refractivity contribution in [2.24, 2.45) is 0 Å². The van der Waals surface area contributed by atoms with E-state index in [1.165, 1.54) is 0 Å². The van der Waals surface area contributed by atoms with Crippen LogP contribution < -0.4 is 15.5 Å². The first-order valence-electron chi connectivity index (χ1n) is 12.4. The van der Waals surface area contributed by atoms with Crippen LogP contribution in [-0.4, -0.2) is 52.4 Å². The van der Waals surface area contributed by atoms with Gasteiger partial charge in [0.25, 0.3) is 5.91 Å².